The fourth-order valence-electron chi connectivity index (χ4n) is 5.00. The minimum atomic E-state index is -0.0579. The molecule has 1 aliphatic heterocycles. The van der Waals surface area contributed by atoms with Gasteiger partial charge in [0.1, 0.15) is 5.75 Å². The Kier molecular flexibility index (Phi) is 7.94. The SMILES string of the molecule is CCN(CC)C(=O)[C@@H]1CCCN(C(=S)Oc2ccc3nc(-c4ccccc4)c(-c4ccccc4)nc3c2)C1. The van der Waals surface area contributed by atoms with Crippen molar-refractivity contribution in [2.75, 3.05) is 26.2 Å². The standard InChI is InChI=1S/C31H32N4O2S/c1-3-34(4-2)30(36)24-16-11-19-35(21-24)31(38)37-25-17-18-26-27(20-25)33-29(23-14-9-6-10-15-23)28(32-26)22-12-7-5-8-13-22/h5-10,12-15,17-18,20,24H,3-4,11,16,19,21H2,1-2H3/t24-/m1/s1. The van der Waals surface area contributed by atoms with Crippen molar-refractivity contribution in [2.24, 2.45) is 5.92 Å². The zero-order valence-corrected chi connectivity index (χ0v) is 22.7. The molecule has 7 heteroatoms. The Bertz CT molecular complexity index is 1420. The van der Waals surface area contributed by atoms with Crippen molar-refractivity contribution in [1.82, 2.24) is 19.8 Å². The van der Waals surface area contributed by atoms with Crippen LogP contribution >= 0.6 is 12.2 Å². The van der Waals surface area contributed by atoms with Crippen LogP contribution in [0, 0.1) is 5.92 Å². The summed E-state index contributed by atoms with van der Waals surface area (Å²) in [4.78, 5) is 26.8. The van der Waals surface area contributed by atoms with E-state index in [4.69, 9.17) is 26.9 Å². The summed E-state index contributed by atoms with van der Waals surface area (Å²) >= 11 is 5.67. The van der Waals surface area contributed by atoms with E-state index in [0.717, 1.165) is 66.0 Å². The molecule has 0 unspecified atom stereocenters. The lowest BCUT2D eigenvalue weighted by Gasteiger charge is -2.35. The summed E-state index contributed by atoms with van der Waals surface area (Å²) in [5.74, 6) is 0.754. The van der Waals surface area contributed by atoms with Gasteiger partial charge in [0.05, 0.1) is 28.3 Å². The van der Waals surface area contributed by atoms with Gasteiger partial charge in [-0.25, -0.2) is 9.97 Å². The van der Waals surface area contributed by atoms with Crippen LogP contribution in [0.3, 0.4) is 0 Å². The molecule has 1 saturated heterocycles. The molecule has 4 aromatic rings. The lowest BCUT2D eigenvalue weighted by Crippen LogP contribution is -2.47. The van der Waals surface area contributed by atoms with Gasteiger partial charge < -0.3 is 14.5 Å². The second-order valence-electron chi connectivity index (χ2n) is 9.47. The summed E-state index contributed by atoms with van der Waals surface area (Å²) in [5.41, 5.74) is 5.19. The van der Waals surface area contributed by atoms with Crippen LogP contribution < -0.4 is 4.74 Å². The molecule has 3 aromatic carbocycles. The van der Waals surface area contributed by atoms with Crippen LogP contribution in [-0.2, 0) is 4.79 Å². The predicted molar refractivity (Wildman–Crippen MR) is 156 cm³/mol. The molecule has 0 radical (unpaired) electrons. The first-order valence-corrected chi connectivity index (χ1v) is 13.7. The third-order valence-electron chi connectivity index (χ3n) is 7.04. The zero-order chi connectivity index (χ0) is 26.5. The molecular formula is C31H32N4O2S. The number of aromatic nitrogens is 2. The highest BCUT2D eigenvalue weighted by Crippen LogP contribution is 2.32. The van der Waals surface area contributed by atoms with Crippen molar-refractivity contribution in [1.29, 1.82) is 0 Å². The smallest absolute Gasteiger partial charge is 0.264 e. The van der Waals surface area contributed by atoms with E-state index in [2.05, 4.69) is 12.1 Å². The molecule has 5 rings (SSSR count). The maximum absolute atomic E-state index is 12.9. The van der Waals surface area contributed by atoms with E-state index in [1.807, 2.05) is 90.4 Å². The van der Waals surface area contributed by atoms with Gasteiger partial charge in [-0.15, -0.1) is 0 Å². The molecule has 1 atom stereocenters. The van der Waals surface area contributed by atoms with Gasteiger partial charge in [-0.1, -0.05) is 60.7 Å². The number of fused-ring (bicyclic) bond motifs is 1. The normalized spacial score (nSPS) is 15.3. The third-order valence-corrected chi connectivity index (χ3v) is 7.38. The number of ether oxygens (including phenoxy) is 1. The minimum Gasteiger partial charge on any atom is -0.432 e. The summed E-state index contributed by atoms with van der Waals surface area (Å²) in [7, 11) is 0. The highest BCUT2D eigenvalue weighted by atomic mass is 32.1. The van der Waals surface area contributed by atoms with Crippen molar-refractivity contribution in [3.8, 4) is 28.3 Å². The van der Waals surface area contributed by atoms with Crippen LogP contribution in [0.25, 0.3) is 33.5 Å². The number of hydrogen-bond acceptors (Lipinski definition) is 5. The molecule has 6 nitrogen and oxygen atoms in total. The van der Waals surface area contributed by atoms with Crippen molar-refractivity contribution in [2.45, 2.75) is 26.7 Å². The largest absolute Gasteiger partial charge is 0.432 e. The van der Waals surface area contributed by atoms with Gasteiger partial charge >= 0.3 is 0 Å². The Balaban J connectivity index is 1.40. The topological polar surface area (TPSA) is 58.6 Å². The third kappa shape index (κ3) is 5.53. The molecule has 1 amide bonds. The summed E-state index contributed by atoms with van der Waals surface area (Å²) in [6, 6.07) is 25.9. The number of likely N-dealkylation sites (tertiary alicyclic amines) is 1. The quantitative estimate of drug-likeness (QED) is 0.280. The summed E-state index contributed by atoms with van der Waals surface area (Å²) < 4.78 is 6.13. The molecule has 194 valence electrons. The van der Waals surface area contributed by atoms with E-state index in [0.29, 0.717) is 17.5 Å². The van der Waals surface area contributed by atoms with Gasteiger partial charge in [-0.2, -0.15) is 0 Å². The molecule has 0 saturated carbocycles. The van der Waals surface area contributed by atoms with Crippen LogP contribution in [0.1, 0.15) is 26.7 Å². The number of piperidine rings is 1. The molecule has 0 aliphatic carbocycles. The number of hydrogen-bond donors (Lipinski definition) is 0. The lowest BCUT2D eigenvalue weighted by molar-refractivity contribution is -0.136. The van der Waals surface area contributed by atoms with E-state index in [1.165, 1.54) is 0 Å². The second-order valence-corrected chi connectivity index (χ2v) is 9.82. The monoisotopic (exact) mass is 524 g/mol. The summed E-state index contributed by atoms with van der Waals surface area (Å²) in [5, 5.41) is 0.388. The van der Waals surface area contributed by atoms with Gasteiger partial charge in [-0.3, -0.25) is 4.79 Å². The van der Waals surface area contributed by atoms with Gasteiger partial charge in [0, 0.05) is 43.4 Å². The minimum absolute atomic E-state index is 0.0579. The molecule has 38 heavy (non-hydrogen) atoms. The predicted octanol–water partition coefficient (Wildman–Crippen LogP) is 6.21. The molecule has 1 fully saturated rings. The number of amides is 1. The highest BCUT2D eigenvalue weighted by Gasteiger charge is 2.30. The molecule has 1 aliphatic rings. The average molecular weight is 525 g/mol. The summed E-state index contributed by atoms with van der Waals surface area (Å²) in [6.45, 7) is 6.85. The van der Waals surface area contributed by atoms with Crippen LogP contribution in [0.15, 0.2) is 78.9 Å². The number of benzene rings is 3. The van der Waals surface area contributed by atoms with E-state index >= 15 is 0 Å². The number of rotatable bonds is 6. The lowest BCUT2D eigenvalue weighted by atomic mass is 9.97. The van der Waals surface area contributed by atoms with Crippen LogP contribution in [0.4, 0.5) is 0 Å². The zero-order valence-electron chi connectivity index (χ0n) is 21.8. The first-order valence-electron chi connectivity index (χ1n) is 13.3. The number of carbonyl (C=O) groups is 1. The Labute approximate surface area is 229 Å². The molecule has 1 aromatic heterocycles. The Morgan fingerprint density at radius 1 is 0.921 bits per heavy atom. The highest BCUT2D eigenvalue weighted by molar-refractivity contribution is 7.80. The van der Waals surface area contributed by atoms with Gasteiger partial charge in [0.15, 0.2) is 0 Å². The number of nitrogens with zero attached hydrogens (tertiary/aromatic N) is 4. The Hall–Kier alpha value is -3.84. The number of thiocarbonyl (C=S) groups is 1. The van der Waals surface area contributed by atoms with Gasteiger partial charge in [-0.05, 0) is 51.0 Å². The van der Waals surface area contributed by atoms with Crippen molar-refractivity contribution >= 4 is 34.3 Å². The Morgan fingerprint density at radius 3 is 2.13 bits per heavy atom. The fraction of sp³-hybridized carbons (Fsp3) is 0.290. The van der Waals surface area contributed by atoms with Crippen LogP contribution in [0.5, 0.6) is 5.75 Å². The maximum Gasteiger partial charge on any atom is 0.264 e. The van der Waals surface area contributed by atoms with Gasteiger partial charge in [0.25, 0.3) is 5.17 Å². The molecule has 0 N–H and O–H groups in total. The maximum atomic E-state index is 12.9. The van der Waals surface area contributed by atoms with Crippen LogP contribution in [-0.4, -0.2) is 57.0 Å². The van der Waals surface area contributed by atoms with Crippen molar-refractivity contribution in [3.63, 3.8) is 0 Å². The molecule has 0 bridgehead atoms. The van der Waals surface area contributed by atoms with E-state index in [1.54, 1.807) is 0 Å². The second kappa shape index (κ2) is 11.7. The first-order chi connectivity index (χ1) is 18.6. The van der Waals surface area contributed by atoms with Crippen molar-refractivity contribution in [3.05, 3.63) is 78.9 Å². The van der Waals surface area contributed by atoms with E-state index in [-0.39, 0.29) is 11.8 Å². The molecule has 2 heterocycles. The number of carbonyl (C=O) groups excluding carboxylic acids is 1. The summed E-state index contributed by atoms with van der Waals surface area (Å²) in [6.07, 6.45) is 1.79. The molecule has 0 spiro atoms. The van der Waals surface area contributed by atoms with E-state index in [9.17, 15) is 4.79 Å². The van der Waals surface area contributed by atoms with E-state index < -0.39 is 0 Å². The molecular weight excluding hydrogens is 492 g/mol. The Morgan fingerprint density at radius 2 is 1.53 bits per heavy atom. The fourth-order valence-corrected chi connectivity index (χ4v) is 5.26. The first kappa shape index (κ1) is 25.8. The van der Waals surface area contributed by atoms with Crippen LogP contribution in [0.2, 0.25) is 0 Å². The van der Waals surface area contributed by atoms with Gasteiger partial charge in [0.2, 0.25) is 5.91 Å². The average Bonchev–Trinajstić information content (AvgIpc) is 2.98. The van der Waals surface area contributed by atoms with Crippen molar-refractivity contribution < 1.29 is 9.53 Å².